The third-order valence-corrected chi connectivity index (χ3v) is 7.12. The van der Waals surface area contributed by atoms with Crippen molar-refractivity contribution < 1.29 is 40.6 Å². The molecule has 40 heavy (non-hydrogen) atoms. The molecule has 0 bridgehead atoms. The zero-order chi connectivity index (χ0) is 29.1. The lowest BCUT2D eigenvalue weighted by Gasteiger charge is -2.29. The van der Waals surface area contributed by atoms with Crippen LogP contribution in [0.3, 0.4) is 0 Å². The van der Waals surface area contributed by atoms with Crippen LogP contribution in [0.15, 0.2) is 53.1 Å². The number of benzene rings is 2. The molecule has 2 heterocycles. The molecular weight excluding hydrogens is 619 g/mol. The van der Waals surface area contributed by atoms with Gasteiger partial charge in [0.15, 0.2) is 6.79 Å². The van der Waals surface area contributed by atoms with Crippen LogP contribution in [0.1, 0.15) is 21.5 Å². The summed E-state index contributed by atoms with van der Waals surface area (Å²) in [5.74, 6) is -0.0928. The van der Waals surface area contributed by atoms with E-state index in [-0.39, 0.29) is 35.2 Å². The predicted molar refractivity (Wildman–Crippen MR) is 146 cm³/mol. The van der Waals surface area contributed by atoms with Gasteiger partial charge in [0.25, 0.3) is 5.91 Å². The molecule has 1 amide bonds. The third-order valence-electron chi connectivity index (χ3n) is 5.93. The molecule has 0 saturated carbocycles. The molecule has 1 aliphatic rings. The van der Waals surface area contributed by atoms with E-state index in [0.29, 0.717) is 42.1 Å². The van der Waals surface area contributed by atoms with Crippen LogP contribution in [0.2, 0.25) is 0 Å². The minimum absolute atomic E-state index is 0.136. The second kappa shape index (κ2) is 12.1. The van der Waals surface area contributed by atoms with Crippen LogP contribution in [-0.2, 0) is 32.1 Å². The molecule has 0 saturated heterocycles. The summed E-state index contributed by atoms with van der Waals surface area (Å²) in [7, 11) is -2.13. The fraction of sp³-hybridized carbons (Fsp3) is 0.308. The van der Waals surface area contributed by atoms with Gasteiger partial charge in [0, 0.05) is 41.1 Å². The Kier molecular flexibility index (Phi) is 9.02. The summed E-state index contributed by atoms with van der Waals surface area (Å²) in [6.07, 6.45) is -2.29. The van der Waals surface area contributed by atoms with Gasteiger partial charge in [0.05, 0.1) is 36.4 Å². The Morgan fingerprint density at radius 3 is 2.58 bits per heavy atom. The number of nitrogens with zero attached hydrogens (tertiary/aromatic N) is 2. The molecule has 214 valence electrons. The molecule has 0 aliphatic carbocycles. The lowest BCUT2D eigenvalue weighted by Crippen LogP contribution is -2.37. The zero-order valence-corrected chi connectivity index (χ0v) is 23.8. The van der Waals surface area contributed by atoms with E-state index in [4.69, 9.17) is 14.2 Å². The number of pyridine rings is 1. The van der Waals surface area contributed by atoms with E-state index < -0.39 is 21.8 Å². The predicted octanol–water partition coefficient (Wildman–Crippen LogP) is 5.10. The van der Waals surface area contributed by atoms with Crippen LogP contribution in [0.5, 0.6) is 5.75 Å². The largest absolute Gasteiger partial charge is 0.465 e. The van der Waals surface area contributed by atoms with Crippen LogP contribution < -0.4 is 14.4 Å². The van der Waals surface area contributed by atoms with Crippen molar-refractivity contribution in [3.05, 3.63) is 69.8 Å². The molecule has 14 heteroatoms. The summed E-state index contributed by atoms with van der Waals surface area (Å²) in [5, 5.41) is 0. The third kappa shape index (κ3) is 7.11. The Morgan fingerprint density at radius 1 is 1.12 bits per heavy atom. The van der Waals surface area contributed by atoms with Crippen LogP contribution in [0.25, 0.3) is 11.3 Å². The minimum atomic E-state index is -4.52. The first kappa shape index (κ1) is 29.8. The maximum atomic E-state index is 13.4. The SMILES string of the molecule is COCCOCOc1ccc(N2CCc3cc(-c4ncc(C(F)(F)F)cc4Br)ccc3C2=O)cc1NS(C)(=O)=O. The minimum Gasteiger partial charge on any atom is -0.465 e. The van der Waals surface area contributed by atoms with Crippen molar-refractivity contribution in [3.8, 4) is 17.0 Å². The highest BCUT2D eigenvalue weighted by molar-refractivity contribution is 9.10. The Labute approximate surface area is 237 Å². The Morgan fingerprint density at radius 2 is 1.90 bits per heavy atom. The number of anilines is 2. The lowest BCUT2D eigenvalue weighted by atomic mass is 9.95. The van der Waals surface area contributed by atoms with Gasteiger partial charge >= 0.3 is 6.18 Å². The number of aromatic nitrogens is 1. The number of hydrogen-bond acceptors (Lipinski definition) is 7. The molecule has 0 spiro atoms. The summed E-state index contributed by atoms with van der Waals surface area (Å²) in [4.78, 5) is 18.9. The number of amides is 1. The molecule has 9 nitrogen and oxygen atoms in total. The maximum Gasteiger partial charge on any atom is 0.417 e. The molecule has 0 fully saturated rings. The van der Waals surface area contributed by atoms with Gasteiger partial charge in [-0.2, -0.15) is 13.2 Å². The van der Waals surface area contributed by atoms with E-state index in [0.717, 1.165) is 24.1 Å². The summed E-state index contributed by atoms with van der Waals surface area (Å²) in [6, 6.07) is 10.6. The van der Waals surface area contributed by atoms with Crippen LogP contribution in [-0.4, -0.2) is 59.2 Å². The van der Waals surface area contributed by atoms with E-state index >= 15 is 0 Å². The van der Waals surface area contributed by atoms with Gasteiger partial charge in [-0.05, 0) is 64.3 Å². The Bertz CT molecular complexity index is 1520. The van der Waals surface area contributed by atoms with Crippen molar-refractivity contribution in [1.82, 2.24) is 4.98 Å². The number of nitrogens with one attached hydrogen (secondary N) is 1. The second-order valence-corrected chi connectivity index (χ2v) is 11.5. The van der Waals surface area contributed by atoms with E-state index in [1.807, 2.05) is 0 Å². The quantitative estimate of drug-likeness (QED) is 0.242. The topological polar surface area (TPSA) is 107 Å². The summed E-state index contributed by atoms with van der Waals surface area (Å²) < 4.78 is 81.3. The Hall–Kier alpha value is -3.20. The highest BCUT2D eigenvalue weighted by atomic mass is 79.9. The molecule has 0 unspecified atom stereocenters. The molecule has 4 rings (SSSR count). The van der Waals surface area contributed by atoms with Crippen molar-refractivity contribution in [3.63, 3.8) is 0 Å². The van der Waals surface area contributed by atoms with Gasteiger partial charge in [0.1, 0.15) is 5.75 Å². The van der Waals surface area contributed by atoms with Gasteiger partial charge < -0.3 is 19.1 Å². The molecule has 0 radical (unpaired) electrons. The number of carbonyl (C=O) groups excluding carboxylic acids is 1. The first-order valence-corrected chi connectivity index (χ1v) is 14.5. The Balaban J connectivity index is 1.57. The normalized spacial score (nSPS) is 13.8. The molecule has 3 aromatic rings. The van der Waals surface area contributed by atoms with Gasteiger partial charge in [-0.1, -0.05) is 6.07 Å². The monoisotopic (exact) mass is 643 g/mol. The number of carbonyl (C=O) groups is 1. The smallest absolute Gasteiger partial charge is 0.417 e. The molecular formula is C26H25BrF3N3O6S. The van der Waals surface area contributed by atoms with Crippen LogP contribution >= 0.6 is 15.9 Å². The van der Waals surface area contributed by atoms with Crippen molar-refractivity contribution >= 4 is 43.2 Å². The average Bonchev–Trinajstić information content (AvgIpc) is 2.88. The number of alkyl halides is 3. The maximum absolute atomic E-state index is 13.4. The number of ether oxygens (including phenoxy) is 3. The molecule has 1 N–H and O–H groups in total. The van der Waals surface area contributed by atoms with Gasteiger partial charge in [-0.25, -0.2) is 8.42 Å². The molecule has 0 atom stereocenters. The zero-order valence-electron chi connectivity index (χ0n) is 21.4. The van der Waals surface area contributed by atoms with Crippen molar-refractivity contribution in [2.75, 3.05) is 49.5 Å². The van der Waals surface area contributed by atoms with Gasteiger partial charge in [-0.3, -0.25) is 14.5 Å². The standard InChI is InChI=1S/C26H25BrF3N3O6S/c1-37-9-10-38-15-39-23-6-4-19(13-22(23)32-40(2,35)36)33-8-7-16-11-17(3-5-20(16)25(33)34)24-21(27)12-18(14-31-24)26(28,29)30/h3-6,11-14,32H,7-10,15H2,1-2H3. The number of halogens is 4. The molecule has 2 aromatic carbocycles. The second-order valence-electron chi connectivity index (χ2n) is 8.85. The number of sulfonamides is 1. The summed E-state index contributed by atoms with van der Waals surface area (Å²) in [5.41, 5.74) is 1.75. The lowest BCUT2D eigenvalue weighted by molar-refractivity contribution is -0.137. The number of hydrogen-bond donors (Lipinski definition) is 1. The van der Waals surface area contributed by atoms with E-state index in [2.05, 4.69) is 25.6 Å². The summed E-state index contributed by atoms with van der Waals surface area (Å²) >= 11 is 3.17. The fourth-order valence-electron chi connectivity index (χ4n) is 4.08. The van der Waals surface area contributed by atoms with Crippen LogP contribution in [0.4, 0.5) is 24.5 Å². The van der Waals surface area contributed by atoms with Crippen molar-refractivity contribution in [1.29, 1.82) is 0 Å². The summed E-state index contributed by atoms with van der Waals surface area (Å²) in [6.45, 7) is 0.812. The van der Waals surface area contributed by atoms with Gasteiger partial charge in [0.2, 0.25) is 10.0 Å². The van der Waals surface area contributed by atoms with Crippen molar-refractivity contribution in [2.45, 2.75) is 12.6 Å². The van der Waals surface area contributed by atoms with E-state index in [1.165, 1.54) is 18.1 Å². The van der Waals surface area contributed by atoms with E-state index in [9.17, 15) is 26.4 Å². The first-order chi connectivity index (χ1) is 18.9. The highest BCUT2D eigenvalue weighted by Crippen LogP contribution is 2.37. The van der Waals surface area contributed by atoms with Gasteiger partial charge in [-0.15, -0.1) is 0 Å². The number of methoxy groups -OCH3 is 1. The highest BCUT2D eigenvalue weighted by Gasteiger charge is 2.32. The van der Waals surface area contributed by atoms with E-state index in [1.54, 1.807) is 30.3 Å². The molecule has 1 aromatic heterocycles. The van der Waals surface area contributed by atoms with Crippen molar-refractivity contribution in [2.24, 2.45) is 0 Å². The average molecular weight is 644 g/mol. The number of fused-ring (bicyclic) bond motifs is 1. The molecule has 1 aliphatic heterocycles. The number of rotatable bonds is 10. The fourth-order valence-corrected chi connectivity index (χ4v) is 5.22. The first-order valence-electron chi connectivity index (χ1n) is 11.9. The van der Waals surface area contributed by atoms with Crippen LogP contribution in [0, 0.1) is 0 Å².